The molecule has 2 amide bonds. The normalized spacial score (nSPS) is 15.9. The number of H-pyrrole nitrogens is 1. The molecule has 2 aromatic heterocycles. The molecular formula is C28H29N5O3. The first kappa shape index (κ1) is 23.5. The van der Waals surface area contributed by atoms with Gasteiger partial charge < -0.3 is 15.0 Å². The molecular weight excluding hydrogens is 454 g/mol. The van der Waals surface area contributed by atoms with E-state index < -0.39 is 11.6 Å². The molecule has 1 atom stereocenters. The summed E-state index contributed by atoms with van der Waals surface area (Å²) in [6, 6.07) is 17.2. The third kappa shape index (κ3) is 4.54. The molecule has 4 aromatic rings. The van der Waals surface area contributed by atoms with Gasteiger partial charge >= 0.3 is 6.09 Å². The molecule has 0 bridgehead atoms. The number of aromatic amines is 1. The Bertz CT molecular complexity index is 1390. The van der Waals surface area contributed by atoms with Crippen LogP contribution < -0.4 is 0 Å². The zero-order valence-electron chi connectivity index (χ0n) is 20.6. The van der Waals surface area contributed by atoms with Crippen LogP contribution in [0.15, 0.2) is 67.0 Å². The van der Waals surface area contributed by atoms with Crippen LogP contribution in [0.25, 0.3) is 33.5 Å². The lowest BCUT2D eigenvalue weighted by molar-refractivity contribution is 0.0649. The van der Waals surface area contributed by atoms with Gasteiger partial charge in [-0.3, -0.25) is 14.7 Å². The Morgan fingerprint density at radius 3 is 2.47 bits per heavy atom. The molecule has 2 aromatic carbocycles. The Morgan fingerprint density at radius 2 is 1.78 bits per heavy atom. The third-order valence-corrected chi connectivity index (χ3v) is 6.61. The predicted molar refractivity (Wildman–Crippen MR) is 139 cm³/mol. The number of amides is 2. The summed E-state index contributed by atoms with van der Waals surface area (Å²) < 4.78 is 0. The van der Waals surface area contributed by atoms with E-state index in [9.17, 15) is 14.7 Å². The fourth-order valence-electron chi connectivity index (χ4n) is 4.94. The van der Waals surface area contributed by atoms with Crippen LogP contribution in [0.1, 0.15) is 37.6 Å². The zero-order chi connectivity index (χ0) is 25.4. The van der Waals surface area contributed by atoms with Gasteiger partial charge in [-0.2, -0.15) is 0 Å². The van der Waals surface area contributed by atoms with E-state index in [0.29, 0.717) is 30.8 Å². The maximum Gasteiger partial charge on any atom is 0.408 e. The number of para-hydroxylation sites is 1. The number of carboxylic acid groups (broad SMARTS) is 1. The molecule has 0 saturated carbocycles. The van der Waals surface area contributed by atoms with E-state index in [1.807, 2.05) is 57.2 Å². The lowest BCUT2D eigenvalue weighted by Crippen LogP contribution is -2.52. The number of carbonyl (C=O) groups is 2. The van der Waals surface area contributed by atoms with Crippen molar-refractivity contribution >= 4 is 22.9 Å². The molecule has 0 aliphatic carbocycles. The maximum absolute atomic E-state index is 13.1. The van der Waals surface area contributed by atoms with Crippen molar-refractivity contribution in [3.05, 3.63) is 72.6 Å². The molecule has 2 N–H and O–H groups in total. The van der Waals surface area contributed by atoms with Crippen LogP contribution in [-0.4, -0.2) is 66.5 Å². The highest BCUT2D eigenvalue weighted by Gasteiger charge is 2.38. The van der Waals surface area contributed by atoms with Gasteiger partial charge in [-0.25, -0.2) is 9.78 Å². The SMILES string of the molecule is CC(C)(C)N(C(=O)O)C1CCN(C(=O)c2ccc(-c3cncc(-c4cc5ccccc5[nH]4)n3)cc2)C1. The first-order valence-electron chi connectivity index (χ1n) is 12.0. The summed E-state index contributed by atoms with van der Waals surface area (Å²) in [4.78, 5) is 40.7. The summed E-state index contributed by atoms with van der Waals surface area (Å²) in [5, 5.41) is 10.8. The summed E-state index contributed by atoms with van der Waals surface area (Å²) in [5.74, 6) is -0.0961. The number of fused-ring (bicyclic) bond motifs is 1. The Kier molecular flexibility index (Phi) is 5.96. The van der Waals surface area contributed by atoms with Gasteiger partial charge in [-0.1, -0.05) is 30.3 Å². The van der Waals surface area contributed by atoms with E-state index in [0.717, 1.165) is 27.9 Å². The molecule has 1 aliphatic heterocycles. The summed E-state index contributed by atoms with van der Waals surface area (Å²) in [6.45, 7) is 6.55. The molecule has 8 heteroatoms. The van der Waals surface area contributed by atoms with E-state index in [4.69, 9.17) is 4.98 Å². The van der Waals surface area contributed by atoms with Crippen molar-refractivity contribution in [3.63, 3.8) is 0 Å². The first-order valence-corrected chi connectivity index (χ1v) is 12.0. The van der Waals surface area contributed by atoms with Gasteiger partial charge in [0.25, 0.3) is 5.91 Å². The monoisotopic (exact) mass is 483 g/mol. The molecule has 3 heterocycles. The number of likely N-dealkylation sites (tertiary alicyclic amines) is 1. The minimum Gasteiger partial charge on any atom is -0.465 e. The standard InChI is InChI=1S/C28H29N5O3/c1-28(2,3)33(27(35)36)21-12-13-32(17-21)26(34)19-10-8-18(9-11-19)24-15-29-16-25(31-24)23-14-20-6-4-5-7-22(20)30-23/h4-11,14-16,21,30H,12-13,17H2,1-3H3,(H,35,36). The Labute approximate surface area is 209 Å². The maximum atomic E-state index is 13.1. The van der Waals surface area contributed by atoms with Gasteiger partial charge in [0.1, 0.15) is 5.69 Å². The van der Waals surface area contributed by atoms with Crippen molar-refractivity contribution in [2.75, 3.05) is 13.1 Å². The van der Waals surface area contributed by atoms with Gasteiger partial charge in [0.05, 0.1) is 29.8 Å². The van der Waals surface area contributed by atoms with E-state index >= 15 is 0 Å². The van der Waals surface area contributed by atoms with E-state index in [1.165, 1.54) is 4.90 Å². The molecule has 0 spiro atoms. The summed E-state index contributed by atoms with van der Waals surface area (Å²) in [6.07, 6.45) is 3.11. The van der Waals surface area contributed by atoms with E-state index in [2.05, 4.69) is 16.0 Å². The van der Waals surface area contributed by atoms with Gasteiger partial charge in [0, 0.05) is 40.7 Å². The molecule has 1 saturated heterocycles. The second-order valence-corrected chi connectivity index (χ2v) is 10.2. The van der Waals surface area contributed by atoms with Crippen molar-refractivity contribution in [1.82, 2.24) is 24.8 Å². The van der Waals surface area contributed by atoms with Crippen molar-refractivity contribution in [1.29, 1.82) is 0 Å². The molecule has 8 nitrogen and oxygen atoms in total. The number of hydrogen-bond acceptors (Lipinski definition) is 4. The number of benzene rings is 2. The minimum absolute atomic E-state index is 0.0961. The quantitative estimate of drug-likeness (QED) is 0.411. The Balaban J connectivity index is 1.32. The second-order valence-electron chi connectivity index (χ2n) is 10.2. The molecule has 184 valence electrons. The van der Waals surface area contributed by atoms with Crippen LogP contribution in [-0.2, 0) is 0 Å². The highest BCUT2D eigenvalue weighted by molar-refractivity contribution is 5.95. The third-order valence-electron chi connectivity index (χ3n) is 6.61. The number of nitrogens with one attached hydrogen (secondary N) is 1. The average Bonchev–Trinajstić information content (AvgIpc) is 3.50. The topological polar surface area (TPSA) is 102 Å². The van der Waals surface area contributed by atoms with Crippen molar-refractivity contribution in [2.24, 2.45) is 0 Å². The minimum atomic E-state index is -0.957. The number of rotatable bonds is 4. The first-order chi connectivity index (χ1) is 17.2. The molecule has 5 rings (SSSR count). The zero-order valence-corrected chi connectivity index (χ0v) is 20.6. The lowest BCUT2D eigenvalue weighted by atomic mass is 10.0. The van der Waals surface area contributed by atoms with E-state index in [-0.39, 0.29) is 11.9 Å². The number of carbonyl (C=O) groups excluding carboxylic acids is 1. The van der Waals surface area contributed by atoms with Crippen molar-refractivity contribution < 1.29 is 14.7 Å². The highest BCUT2D eigenvalue weighted by Crippen LogP contribution is 2.27. The fourth-order valence-corrected chi connectivity index (χ4v) is 4.94. The van der Waals surface area contributed by atoms with Crippen LogP contribution >= 0.6 is 0 Å². The van der Waals surface area contributed by atoms with Crippen LogP contribution in [0.2, 0.25) is 0 Å². The summed E-state index contributed by atoms with van der Waals surface area (Å²) in [5.41, 5.74) is 4.30. The van der Waals surface area contributed by atoms with Gasteiger partial charge in [-0.05, 0) is 51.5 Å². The molecule has 0 radical (unpaired) electrons. The summed E-state index contributed by atoms with van der Waals surface area (Å²) >= 11 is 0. The van der Waals surface area contributed by atoms with E-state index in [1.54, 1.807) is 29.4 Å². The summed E-state index contributed by atoms with van der Waals surface area (Å²) in [7, 11) is 0. The number of nitrogens with zero attached hydrogens (tertiary/aromatic N) is 4. The van der Waals surface area contributed by atoms with Gasteiger partial charge in [0.15, 0.2) is 0 Å². The lowest BCUT2D eigenvalue weighted by Gasteiger charge is -2.37. The predicted octanol–water partition coefficient (Wildman–Crippen LogP) is 5.28. The smallest absolute Gasteiger partial charge is 0.408 e. The van der Waals surface area contributed by atoms with Crippen LogP contribution in [0.5, 0.6) is 0 Å². The van der Waals surface area contributed by atoms with Crippen LogP contribution in [0.4, 0.5) is 4.79 Å². The van der Waals surface area contributed by atoms with Crippen LogP contribution in [0.3, 0.4) is 0 Å². The number of hydrogen-bond donors (Lipinski definition) is 2. The Morgan fingerprint density at radius 1 is 1.06 bits per heavy atom. The largest absolute Gasteiger partial charge is 0.465 e. The number of aromatic nitrogens is 3. The van der Waals surface area contributed by atoms with Crippen LogP contribution in [0, 0.1) is 0 Å². The van der Waals surface area contributed by atoms with Crippen molar-refractivity contribution in [3.8, 4) is 22.6 Å². The average molecular weight is 484 g/mol. The van der Waals surface area contributed by atoms with Gasteiger partial charge in [0.2, 0.25) is 0 Å². The van der Waals surface area contributed by atoms with Gasteiger partial charge in [-0.15, -0.1) is 0 Å². The fraction of sp³-hybridized carbons (Fsp3) is 0.286. The van der Waals surface area contributed by atoms with Crippen molar-refractivity contribution in [2.45, 2.75) is 38.8 Å². The second kappa shape index (κ2) is 9.11. The molecule has 36 heavy (non-hydrogen) atoms. The molecule has 1 unspecified atom stereocenters. The highest BCUT2D eigenvalue weighted by atomic mass is 16.4. The molecule has 1 fully saturated rings. The Hall–Kier alpha value is -4.20. The molecule has 1 aliphatic rings.